The van der Waals surface area contributed by atoms with Gasteiger partial charge in [0.2, 0.25) is 11.6 Å². The first-order chi connectivity index (χ1) is 11.4. The van der Waals surface area contributed by atoms with E-state index in [0.29, 0.717) is 0 Å². The molecule has 0 fully saturated rings. The highest BCUT2D eigenvalue weighted by atomic mass is 35.5. The van der Waals surface area contributed by atoms with Gasteiger partial charge in [-0.05, 0) is 0 Å². The average Bonchev–Trinajstić information content (AvgIpc) is 2.61. The van der Waals surface area contributed by atoms with Gasteiger partial charge in [0.25, 0.3) is 0 Å². The summed E-state index contributed by atoms with van der Waals surface area (Å²) in [6.07, 6.45) is -0.389. The lowest BCUT2D eigenvalue weighted by Crippen LogP contribution is -2.42. The summed E-state index contributed by atoms with van der Waals surface area (Å²) in [4.78, 5) is 48.1. The van der Waals surface area contributed by atoms with Crippen LogP contribution in [-0.2, 0) is 19.1 Å². The van der Waals surface area contributed by atoms with Crippen LogP contribution in [0.2, 0.25) is 0 Å². The van der Waals surface area contributed by atoms with Crippen molar-refractivity contribution in [1.29, 1.82) is 0 Å². The summed E-state index contributed by atoms with van der Waals surface area (Å²) in [6.45, 7) is 0. The van der Waals surface area contributed by atoms with E-state index in [1.165, 1.54) is 12.1 Å². The van der Waals surface area contributed by atoms with E-state index < -0.39 is 29.5 Å². The molecule has 2 rings (SSSR count). The van der Waals surface area contributed by atoms with Gasteiger partial charge in [0.05, 0.1) is 20.6 Å². The molecule has 1 atom stereocenters. The molecule has 1 unspecified atom stereocenters. The maximum atomic E-state index is 12.5. The second-order valence-electron chi connectivity index (χ2n) is 4.89. The first-order valence-corrected chi connectivity index (χ1v) is 7.27. The van der Waals surface area contributed by atoms with Crippen LogP contribution in [0.1, 0.15) is 27.1 Å². The van der Waals surface area contributed by atoms with Gasteiger partial charge in [0, 0.05) is 11.1 Å². The smallest absolute Gasteiger partial charge is 0.328 e. The van der Waals surface area contributed by atoms with Gasteiger partial charge in [-0.1, -0.05) is 35.9 Å². The van der Waals surface area contributed by atoms with Crippen molar-refractivity contribution in [3.05, 3.63) is 46.1 Å². The molecule has 0 radical (unpaired) electrons. The largest absolute Gasteiger partial charge is 0.469 e. The van der Waals surface area contributed by atoms with Crippen LogP contribution in [0.25, 0.3) is 0 Å². The van der Waals surface area contributed by atoms with Crippen molar-refractivity contribution in [3.8, 4) is 0 Å². The minimum absolute atomic E-state index is 0.163. The van der Waals surface area contributed by atoms with Crippen molar-refractivity contribution < 1.29 is 28.7 Å². The molecule has 1 aliphatic carbocycles. The van der Waals surface area contributed by atoms with Crippen molar-refractivity contribution in [2.75, 3.05) is 14.2 Å². The van der Waals surface area contributed by atoms with E-state index in [4.69, 9.17) is 11.6 Å². The molecule has 0 aromatic heterocycles. The van der Waals surface area contributed by atoms with Crippen LogP contribution in [0.3, 0.4) is 0 Å². The van der Waals surface area contributed by atoms with Gasteiger partial charge >= 0.3 is 11.9 Å². The monoisotopic (exact) mass is 351 g/mol. The molecule has 0 amide bonds. The number of methoxy groups -OCH3 is 2. The molecule has 0 spiro atoms. The lowest BCUT2D eigenvalue weighted by molar-refractivity contribution is -0.149. The zero-order valence-electron chi connectivity index (χ0n) is 12.9. The summed E-state index contributed by atoms with van der Waals surface area (Å²) in [5.41, 5.74) is 0.0939. The van der Waals surface area contributed by atoms with Crippen LogP contribution in [-0.4, -0.2) is 43.8 Å². The SMILES string of the molecule is COC(=O)CC(NC1=C(Cl)C(=O)c2ccccc2C1=O)C(=O)OC. The fraction of sp³-hybridized carbons (Fsp3) is 0.250. The molecule has 0 saturated carbocycles. The Bertz CT molecular complexity index is 755. The highest BCUT2D eigenvalue weighted by Gasteiger charge is 2.34. The van der Waals surface area contributed by atoms with Gasteiger partial charge in [-0.25, -0.2) is 4.79 Å². The van der Waals surface area contributed by atoms with E-state index in [1.54, 1.807) is 12.1 Å². The number of halogens is 1. The summed E-state index contributed by atoms with van der Waals surface area (Å²) in [6, 6.07) is 4.97. The Morgan fingerprint density at radius 1 is 1.08 bits per heavy atom. The van der Waals surface area contributed by atoms with Crippen LogP contribution >= 0.6 is 11.6 Å². The molecule has 0 aliphatic heterocycles. The molecule has 1 aromatic carbocycles. The third-order valence-electron chi connectivity index (χ3n) is 3.46. The summed E-state index contributed by atoms with van der Waals surface area (Å²) in [5, 5.41) is 2.20. The molecule has 126 valence electrons. The topological polar surface area (TPSA) is 98.8 Å². The van der Waals surface area contributed by atoms with E-state index in [-0.39, 0.29) is 28.3 Å². The molecule has 1 aromatic rings. The molecular weight excluding hydrogens is 338 g/mol. The van der Waals surface area contributed by atoms with Crippen LogP contribution in [0.15, 0.2) is 35.0 Å². The molecule has 0 bridgehead atoms. The number of esters is 2. The Morgan fingerprint density at radius 3 is 2.21 bits per heavy atom. The van der Waals surface area contributed by atoms with Crippen LogP contribution in [0.4, 0.5) is 0 Å². The number of hydrogen-bond donors (Lipinski definition) is 1. The van der Waals surface area contributed by atoms with Crippen LogP contribution in [0.5, 0.6) is 0 Å². The fourth-order valence-electron chi connectivity index (χ4n) is 2.23. The van der Waals surface area contributed by atoms with Crippen LogP contribution in [0, 0.1) is 0 Å². The van der Waals surface area contributed by atoms with Gasteiger partial charge in [-0.15, -0.1) is 0 Å². The summed E-state index contributed by atoms with van der Waals surface area (Å²) in [5.74, 6) is -2.58. The summed E-state index contributed by atoms with van der Waals surface area (Å²) in [7, 11) is 2.29. The van der Waals surface area contributed by atoms with E-state index in [2.05, 4.69) is 14.8 Å². The molecule has 1 aliphatic rings. The van der Waals surface area contributed by atoms with Crippen molar-refractivity contribution >= 4 is 35.1 Å². The van der Waals surface area contributed by atoms with Gasteiger partial charge in [-0.3, -0.25) is 14.4 Å². The third-order valence-corrected chi connectivity index (χ3v) is 3.83. The lowest BCUT2D eigenvalue weighted by atomic mass is 9.92. The van der Waals surface area contributed by atoms with Crippen molar-refractivity contribution in [3.63, 3.8) is 0 Å². The zero-order valence-corrected chi connectivity index (χ0v) is 13.7. The van der Waals surface area contributed by atoms with Crippen molar-refractivity contribution in [2.24, 2.45) is 0 Å². The Morgan fingerprint density at radius 2 is 1.67 bits per heavy atom. The molecule has 7 nitrogen and oxygen atoms in total. The Labute approximate surface area is 142 Å². The third kappa shape index (κ3) is 3.30. The molecule has 0 saturated heterocycles. The highest BCUT2D eigenvalue weighted by molar-refractivity contribution is 6.49. The zero-order chi connectivity index (χ0) is 17.9. The van der Waals surface area contributed by atoms with E-state index in [1.807, 2.05) is 0 Å². The number of fused-ring (bicyclic) bond motifs is 1. The molecule has 8 heteroatoms. The van der Waals surface area contributed by atoms with E-state index in [9.17, 15) is 19.2 Å². The van der Waals surface area contributed by atoms with E-state index >= 15 is 0 Å². The van der Waals surface area contributed by atoms with Crippen molar-refractivity contribution in [1.82, 2.24) is 5.32 Å². The highest BCUT2D eigenvalue weighted by Crippen LogP contribution is 2.27. The summed E-state index contributed by atoms with van der Waals surface area (Å²) < 4.78 is 9.10. The van der Waals surface area contributed by atoms with Gasteiger partial charge in [0.15, 0.2) is 0 Å². The summed E-state index contributed by atoms with van der Waals surface area (Å²) >= 11 is 6.00. The molecule has 24 heavy (non-hydrogen) atoms. The quantitative estimate of drug-likeness (QED) is 0.796. The second-order valence-corrected chi connectivity index (χ2v) is 5.27. The number of benzene rings is 1. The number of carbonyl (C=O) groups is 4. The number of nitrogens with one attached hydrogen (secondary N) is 1. The number of allylic oxidation sites excluding steroid dienone is 2. The maximum absolute atomic E-state index is 12.5. The number of rotatable bonds is 5. The molecule has 1 N–H and O–H groups in total. The Balaban J connectivity index is 2.37. The first-order valence-electron chi connectivity index (χ1n) is 6.90. The normalized spacial score (nSPS) is 14.8. The van der Waals surface area contributed by atoms with Gasteiger partial charge in [0.1, 0.15) is 16.8 Å². The lowest BCUT2D eigenvalue weighted by Gasteiger charge is -2.22. The first kappa shape index (κ1) is 17.7. The number of ether oxygens (including phenoxy) is 2. The standard InChI is InChI=1S/C16H14ClNO6/c1-23-11(19)7-10(16(22)24-2)18-13-12(17)14(20)8-5-3-4-6-9(8)15(13)21/h3-6,10,18H,7H2,1-2H3. The predicted molar refractivity (Wildman–Crippen MR) is 83.6 cm³/mol. The minimum Gasteiger partial charge on any atom is -0.469 e. The average molecular weight is 352 g/mol. The van der Waals surface area contributed by atoms with E-state index in [0.717, 1.165) is 14.2 Å². The Kier molecular flexibility index (Phi) is 5.35. The second kappa shape index (κ2) is 7.27. The van der Waals surface area contributed by atoms with Gasteiger partial charge < -0.3 is 14.8 Å². The maximum Gasteiger partial charge on any atom is 0.328 e. The number of hydrogen-bond acceptors (Lipinski definition) is 7. The fourth-order valence-corrected chi connectivity index (χ4v) is 2.48. The number of carbonyl (C=O) groups excluding carboxylic acids is 4. The van der Waals surface area contributed by atoms with Crippen LogP contribution < -0.4 is 5.32 Å². The van der Waals surface area contributed by atoms with Crippen molar-refractivity contribution in [2.45, 2.75) is 12.5 Å². The van der Waals surface area contributed by atoms with Gasteiger partial charge in [-0.2, -0.15) is 0 Å². The molecule has 0 heterocycles. The number of Topliss-reactive ketones (excluding diaryl/α,β-unsaturated/α-hetero) is 2. The number of ketones is 2. The Hall–Kier alpha value is -2.67. The molecular formula is C16H14ClNO6. The minimum atomic E-state index is -1.21. The predicted octanol–water partition coefficient (Wildman–Crippen LogP) is 1.21.